The van der Waals surface area contributed by atoms with E-state index in [1.165, 1.54) is 12.1 Å². The number of rotatable bonds is 6. The number of carboxylic acids is 1. The fourth-order valence-corrected chi connectivity index (χ4v) is 2.60. The molecule has 3 rings (SSSR count). The number of benzene rings is 2. The molecule has 1 heterocycles. The van der Waals surface area contributed by atoms with Gasteiger partial charge in [-0.25, -0.2) is 9.78 Å². The summed E-state index contributed by atoms with van der Waals surface area (Å²) in [5, 5.41) is 15.8. The normalized spacial score (nSPS) is 10.3. The highest BCUT2D eigenvalue weighted by molar-refractivity contribution is 6.31. The van der Waals surface area contributed by atoms with Gasteiger partial charge in [-0.3, -0.25) is 0 Å². The highest BCUT2D eigenvalue weighted by atomic mass is 35.5. The fraction of sp³-hybridized carbons (Fsp3) is 0.105. The average Bonchev–Trinajstić information content (AvgIpc) is 2.62. The molecule has 2 aromatic carbocycles. The molecule has 0 fully saturated rings. The van der Waals surface area contributed by atoms with E-state index < -0.39 is 5.97 Å². The third kappa shape index (κ3) is 4.65. The summed E-state index contributed by atoms with van der Waals surface area (Å²) in [7, 11) is 1.57. The third-order valence-electron chi connectivity index (χ3n) is 3.67. The van der Waals surface area contributed by atoms with Crippen LogP contribution in [0.15, 0.2) is 48.5 Å². The summed E-state index contributed by atoms with van der Waals surface area (Å²) in [6.45, 7) is 1.85. The maximum Gasteiger partial charge on any atom is 0.335 e. The molecule has 0 bridgehead atoms. The summed E-state index contributed by atoms with van der Waals surface area (Å²) in [4.78, 5) is 19.8. The van der Waals surface area contributed by atoms with Crippen LogP contribution in [0.5, 0.6) is 5.75 Å². The molecule has 138 valence electrons. The van der Waals surface area contributed by atoms with E-state index in [4.69, 9.17) is 21.4 Å². The number of halogens is 1. The molecule has 0 saturated carbocycles. The number of methoxy groups -OCH3 is 1. The molecule has 0 saturated heterocycles. The Morgan fingerprint density at radius 3 is 2.48 bits per heavy atom. The summed E-state index contributed by atoms with van der Waals surface area (Å²) in [5.74, 6) is 0.582. The summed E-state index contributed by atoms with van der Waals surface area (Å²) < 4.78 is 5.32. The van der Waals surface area contributed by atoms with Crippen molar-refractivity contribution in [2.24, 2.45) is 0 Å². The van der Waals surface area contributed by atoms with Crippen LogP contribution in [-0.2, 0) is 0 Å². The van der Waals surface area contributed by atoms with Gasteiger partial charge in [-0.2, -0.15) is 4.98 Å². The number of ether oxygens (including phenoxy) is 1. The number of hydrogen-bond donors (Lipinski definition) is 3. The smallest absolute Gasteiger partial charge is 0.335 e. The van der Waals surface area contributed by atoms with E-state index in [1.54, 1.807) is 43.5 Å². The minimum Gasteiger partial charge on any atom is -0.495 e. The van der Waals surface area contributed by atoms with Gasteiger partial charge in [-0.1, -0.05) is 11.6 Å². The molecule has 0 atom stereocenters. The van der Waals surface area contributed by atoms with Gasteiger partial charge in [0.05, 0.1) is 18.4 Å². The molecule has 0 radical (unpaired) electrons. The first-order valence-electron chi connectivity index (χ1n) is 8.01. The van der Waals surface area contributed by atoms with Crippen LogP contribution in [0.4, 0.5) is 23.1 Å². The van der Waals surface area contributed by atoms with Crippen molar-refractivity contribution >= 4 is 40.7 Å². The second-order valence-electron chi connectivity index (χ2n) is 5.70. The Balaban J connectivity index is 1.84. The standard InChI is InChI=1S/C19H17ClN4O3/c1-11-9-17(22-14-6-3-12(4-7-14)18(25)26)24-19(21-11)23-15-10-13(20)5-8-16(15)27-2/h3-10H,1-2H3,(H,25,26)(H2,21,22,23,24). The molecule has 27 heavy (non-hydrogen) atoms. The van der Waals surface area contributed by atoms with Crippen LogP contribution in [0.25, 0.3) is 0 Å². The maximum absolute atomic E-state index is 10.9. The molecule has 0 spiro atoms. The lowest BCUT2D eigenvalue weighted by Gasteiger charge is -2.12. The minimum atomic E-state index is -0.971. The van der Waals surface area contributed by atoms with Gasteiger partial charge in [0.25, 0.3) is 0 Å². The van der Waals surface area contributed by atoms with Crippen molar-refractivity contribution in [2.75, 3.05) is 17.7 Å². The van der Waals surface area contributed by atoms with Crippen molar-refractivity contribution in [1.82, 2.24) is 9.97 Å². The molecule has 7 nitrogen and oxygen atoms in total. The quantitative estimate of drug-likeness (QED) is 0.570. The Hall–Kier alpha value is -3.32. The van der Waals surface area contributed by atoms with Crippen LogP contribution in [0.1, 0.15) is 16.1 Å². The summed E-state index contributed by atoms with van der Waals surface area (Å²) in [6, 6.07) is 13.4. The van der Waals surface area contributed by atoms with Gasteiger partial charge in [-0.05, 0) is 49.4 Å². The van der Waals surface area contributed by atoms with Gasteiger partial charge in [0.15, 0.2) is 0 Å². The van der Waals surface area contributed by atoms with E-state index in [0.29, 0.717) is 33.9 Å². The number of carbonyl (C=O) groups is 1. The number of nitrogens with zero attached hydrogens (tertiary/aromatic N) is 2. The topological polar surface area (TPSA) is 96.4 Å². The predicted molar refractivity (Wildman–Crippen MR) is 105 cm³/mol. The first-order valence-corrected chi connectivity index (χ1v) is 8.39. The minimum absolute atomic E-state index is 0.217. The van der Waals surface area contributed by atoms with Crippen LogP contribution >= 0.6 is 11.6 Å². The van der Waals surface area contributed by atoms with Crippen molar-refractivity contribution < 1.29 is 14.6 Å². The molecule has 0 amide bonds. The van der Waals surface area contributed by atoms with Gasteiger partial charge in [0.1, 0.15) is 11.6 Å². The van der Waals surface area contributed by atoms with Gasteiger partial charge < -0.3 is 20.5 Å². The summed E-state index contributed by atoms with van der Waals surface area (Å²) in [6.07, 6.45) is 0. The van der Waals surface area contributed by atoms with Gasteiger partial charge in [0.2, 0.25) is 5.95 Å². The van der Waals surface area contributed by atoms with E-state index in [-0.39, 0.29) is 5.56 Å². The Kier molecular flexibility index (Phi) is 5.42. The second-order valence-corrected chi connectivity index (χ2v) is 6.13. The number of hydrogen-bond acceptors (Lipinski definition) is 6. The highest BCUT2D eigenvalue weighted by Gasteiger charge is 2.09. The molecule has 3 aromatic rings. The van der Waals surface area contributed by atoms with Crippen molar-refractivity contribution in [3.63, 3.8) is 0 Å². The Bertz CT molecular complexity index is 977. The van der Waals surface area contributed by atoms with Crippen LogP contribution in [0.2, 0.25) is 5.02 Å². The average molecular weight is 385 g/mol. The molecular formula is C19H17ClN4O3. The second kappa shape index (κ2) is 7.92. The van der Waals surface area contributed by atoms with Crippen LogP contribution < -0.4 is 15.4 Å². The molecular weight excluding hydrogens is 368 g/mol. The van der Waals surface area contributed by atoms with Crippen LogP contribution in [0.3, 0.4) is 0 Å². The number of nitrogens with one attached hydrogen (secondary N) is 2. The van der Waals surface area contributed by atoms with Crippen LogP contribution in [0, 0.1) is 6.92 Å². The van der Waals surface area contributed by atoms with E-state index >= 15 is 0 Å². The number of aromatic carboxylic acids is 1. The van der Waals surface area contributed by atoms with E-state index in [0.717, 1.165) is 5.69 Å². The van der Waals surface area contributed by atoms with Gasteiger partial charge >= 0.3 is 5.97 Å². The lowest BCUT2D eigenvalue weighted by atomic mass is 10.2. The lowest BCUT2D eigenvalue weighted by Crippen LogP contribution is -2.03. The highest BCUT2D eigenvalue weighted by Crippen LogP contribution is 2.30. The van der Waals surface area contributed by atoms with Crippen molar-refractivity contribution in [3.8, 4) is 5.75 Å². The lowest BCUT2D eigenvalue weighted by molar-refractivity contribution is 0.0697. The first kappa shape index (κ1) is 18.5. The zero-order valence-electron chi connectivity index (χ0n) is 14.7. The maximum atomic E-state index is 10.9. The summed E-state index contributed by atoms with van der Waals surface area (Å²) >= 11 is 6.05. The number of anilines is 4. The summed E-state index contributed by atoms with van der Waals surface area (Å²) in [5.41, 5.74) is 2.32. The molecule has 0 aliphatic carbocycles. The van der Waals surface area contributed by atoms with E-state index in [1.807, 2.05) is 6.92 Å². The Morgan fingerprint density at radius 2 is 1.81 bits per heavy atom. The zero-order chi connectivity index (χ0) is 19.4. The molecule has 0 aliphatic rings. The van der Waals surface area contributed by atoms with E-state index in [2.05, 4.69) is 20.6 Å². The molecule has 0 aliphatic heterocycles. The fourth-order valence-electron chi connectivity index (χ4n) is 2.43. The van der Waals surface area contributed by atoms with Gasteiger partial charge in [-0.15, -0.1) is 0 Å². The molecule has 3 N–H and O–H groups in total. The molecule has 0 unspecified atom stereocenters. The van der Waals surface area contributed by atoms with Crippen LogP contribution in [-0.4, -0.2) is 28.2 Å². The zero-order valence-corrected chi connectivity index (χ0v) is 15.4. The van der Waals surface area contributed by atoms with E-state index in [9.17, 15) is 4.79 Å². The monoisotopic (exact) mass is 384 g/mol. The molecule has 1 aromatic heterocycles. The largest absolute Gasteiger partial charge is 0.495 e. The Labute approximate surface area is 161 Å². The van der Waals surface area contributed by atoms with Crippen molar-refractivity contribution in [1.29, 1.82) is 0 Å². The van der Waals surface area contributed by atoms with Gasteiger partial charge in [0, 0.05) is 22.5 Å². The molecule has 8 heteroatoms. The number of aromatic nitrogens is 2. The number of carboxylic acid groups (broad SMARTS) is 1. The SMILES string of the molecule is COc1ccc(Cl)cc1Nc1nc(C)cc(Nc2ccc(C(=O)O)cc2)n1. The van der Waals surface area contributed by atoms with Crippen molar-refractivity contribution in [3.05, 3.63) is 64.8 Å². The third-order valence-corrected chi connectivity index (χ3v) is 3.90. The first-order chi connectivity index (χ1) is 12.9. The van der Waals surface area contributed by atoms with Crippen molar-refractivity contribution in [2.45, 2.75) is 6.92 Å². The number of aryl methyl sites for hydroxylation is 1. The Morgan fingerprint density at radius 1 is 1.07 bits per heavy atom. The predicted octanol–water partition coefficient (Wildman–Crippen LogP) is 4.63.